The fraction of sp³-hybridized carbons (Fsp3) is 0.222. The van der Waals surface area contributed by atoms with E-state index in [4.69, 9.17) is 11.6 Å². The van der Waals surface area contributed by atoms with Crippen LogP contribution >= 0.6 is 11.6 Å². The van der Waals surface area contributed by atoms with E-state index in [1.807, 2.05) is 43.3 Å². The maximum absolute atomic E-state index is 12.1. The minimum Gasteiger partial charge on any atom is -0.378 e. The van der Waals surface area contributed by atoms with Gasteiger partial charge in [0.2, 0.25) is 5.91 Å². The third-order valence-corrected chi connectivity index (χ3v) is 3.71. The molecule has 0 bridgehead atoms. The number of rotatable bonds is 5. The monoisotopic (exact) mass is 345 g/mol. The van der Waals surface area contributed by atoms with E-state index in [0.717, 1.165) is 11.3 Å². The number of benzene rings is 2. The number of aryl methyl sites for hydroxylation is 1. The van der Waals surface area contributed by atoms with Crippen LogP contribution in [-0.4, -0.2) is 25.9 Å². The smallest absolute Gasteiger partial charge is 0.269 e. The number of nitrogens with zero attached hydrogens (tertiary/aromatic N) is 1. The van der Waals surface area contributed by atoms with Crippen LogP contribution in [0.4, 0.5) is 5.69 Å². The number of anilines is 1. The van der Waals surface area contributed by atoms with Crippen molar-refractivity contribution in [1.29, 1.82) is 0 Å². The predicted octanol–water partition coefficient (Wildman–Crippen LogP) is 2.80. The Kier molecular flexibility index (Phi) is 6.21. The van der Waals surface area contributed by atoms with E-state index in [9.17, 15) is 9.59 Å². The Balaban J connectivity index is 1.83. The highest BCUT2D eigenvalue weighted by Crippen LogP contribution is 2.13. The van der Waals surface area contributed by atoms with Crippen molar-refractivity contribution in [2.24, 2.45) is 0 Å². The van der Waals surface area contributed by atoms with Crippen LogP contribution in [0.3, 0.4) is 0 Å². The molecule has 0 saturated heterocycles. The van der Waals surface area contributed by atoms with Gasteiger partial charge in [-0.2, -0.15) is 0 Å². The Labute approximate surface area is 146 Å². The highest BCUT2D eigenvalue weighted by Gasteiger charge is 2.09. The fourth-order valence-electron chi connectivity index (χ4n) is 2.14. The summed E-state index contributed by atoms with van der Waals surface area (Å²) in [6.07, 6.45) is 0.816. The molecule has 0 atom stereocenters. The molecule has 126 valence electrons. The van der Waals surface area contributed by atoms with Crippen molar-refractivity contribution in [3.63, 3.8) is 0 Å². The molecule has 2 rings (SSSR count). The number of amides is 2. The first-order valence-corrected chi connectivity index (χ1v) is 7.94. The molecule has 0 unspecified atom stereocenters. The van der Waals surface area contributed by atoms with Crippen LogP contribution < -0.4 is 15.8 Å². The molecule has 24 heavy (non-hydrogen) atoms. The summed E-state index contributed by atoms with van der Waals surface area (Å²) in [6, 6.07) is 14.5. The lowest BCUT2D eigenvalue weighted by molar-refractivity contribution is -0.121. The normalized spacial score (nSPS) is 10.1. The molecule has 6 heteroatoms. The van der Waals surface area contributed by atoms with E-state index in [1.54, 1.807) is 24.3 Å². The first-order chi connectivity index (χ1) is 11.5. The number of carbonyl (C=O) groups is 2. The van der Waals surface area contributed by atoms with Gasteiger partial charge < -0.3 is 4.90 Å². The molecule has 2 aromatic rings. The van der Waals surface area contributed by atoms with Crippen LogP contribution in [0.2, 0.25) is 5.02 Å². The Hall–Kier alpha value is -2.53. The standard InChI is InChI=1S/C18H20ClN3O2/c1-22(2)16-8-4-6-14(12-16)18(24)21-20-17(23)10-9-13-5-3-7-15(19)11-13/h3-8,11-12H,9-10H2,1-2H3,(H,20,23)(H,21,24). The van der Waals surface area contributed by atoms with E-state index < -0.39 is 0 Å². The van der Waals surface area contributed by atoms with Gasteiger partial charge in [0.05, 0.1) is 0 Å². The summed E-state index contributed by atoms with van der Waals surface area (Å²) < 4.78 is 0. The largest absolute Gasteiger partial charge is 0.378 e. The summed E-state index contributed by atoms with van der Waals surface area (Å²) in [6.45, 7) is 0. The van der Waals surface area contributed by atoms with Crippen molar-refractivity contribution in [1.82, 2.24) is 10.9 Å². The third-order valence-electron chi connectivity index (χ3n) is 3.47. The van der Waals surface area contributed by atoms with Crippen LogP contribution in [0.1, 0.15) is 22.3 Å². The summed E-state index contributed by atoms with van der Waals surface area (Å²) in [7, 11) is 3.79. The van der Waals surface area contributed by atoms with Crippen molar-refractivity contribution in [2.75, 3.05) is 19.0 Å². The minimum atomic E-state index is -0.352. The SMILES string of the molecule is CN(C)c1cccc(C(=O)NNC(=O)CCc2cccc(Cl)c2)c1. The first kappa shape index (κ1) is 17.8. The van der Waals surface area contributed by atoms with Crippen molar-refractivity contribution in [2.45, 2.75) is 12.8 Å². The lowest BCUT2D eigenvalue weighted by Crippen LogP contribution is -2.41. The van der Waals surface area contributed by atoms with Crippen molar-refractivity contribution < 1.29 is 9.59 Å². The second-order valence-corrected chi connectivity index (χ2v) is 6.01. The van der Waals surface area contributed by atoms with Crippen LogP contribution in [0, 0.1) is 0 Å². The molecule has 0 aliphatic rings. The summed E-state index contributed by atoms with van der Waals surface area (Å²) in [4.78, 5) is 25.8. The molecule has 0 spiro atoms. The van der Waals surface area contributed by atoms with Crippen molar-refractivity contribution >= 4 is 29.1 Å². The third kappa shape index (κ3) is 5.28. The van der Waals surface area contributed by atoms with Gasteiger partial charge in [0, 0.05) is 36.8 Å². The molecule has 2 aromatic carbocycles. The Morgan fingerprint density at radius 3 is 2.50 bits per heavy atom. The second kappa shape index (κ2) is 8.36. The molecule has 0 aliphatic carbocycles. The number of carbonyl (C=O) groups excluding carboxylic acids is 2. The lowest BCUT2D eigenvalue weighted by Gasteiger charge is -2.13. The van der Waals surface area contributed by atoms with Crippen molar-refractivity contribution in [3.05, 3.63) is 64.7 Å². The molecular formula is C18H20ClN3O2. The van der Waals surface area contributed by atoms with Gasteiger partial charge in [-0.3, -0.25) is 20.4 Å². The lowest BCUT2D eigenvalue weighted by atomic mass is 10.1. The highest BCUT2D eigenvalue weighted by molar-refractivity contribution is 6.30. The van der Waals surface area contributed by atoms with Gasteiger partial charge in [0.15, 0.2) is 0 Å². The van der Waals surface area contributed by atoms with E-state index in [1.165, 1.54) is 0 Å². The van der Waals surface area contributed by atoms with E-state index >= 15 is 0 Å². The van der Waals surface area contributed by atoms with Crippen LogP contribution in [0.15, 0.2) is 48.5 Å². The molecule has 0 aromatic heterocycles. The molecular weight excluding hydrogens is 326 g/mol. The molecule has 2 N–H and O–H groups in total. The average molecular weight is 346 g/mol. The summed E-state index contributed by atoms with van der Waals surface area (Å²) in [5.74, 6) is -0.609. The number of hydrogen-bond acceptors (Lipinski definition) is 3. The zero-order chi connectivity index (χ0) is 17.5. The fourth-order valence-corrected chi connectivity index (χ4v) is 2.35. The maximum Gasteiger partial charge on any atom is 0.269 e. The molecule has 0 fully saturated rings. The van der Waals surface area contributed by atoms with Crippen molar-refractivity contribution in [3.8, 4) is 0 Å². The topological polar surface area (TPSA) is 61.4 Å². The Bertz CT molecular complexity index is 732. The zero-order valence-electron chi connectivity index (χ0n) is 13.7. The van der Waals surface area contributed by atoms with Gasteiger partial charge in [-0.1, -0.05) is 29.8 Å². The quantitative estimate of drug-likeness (QED) is 0.819. The maximum atomic E-state index is 12.1. The van der Waals surface area contributed by atoms with Gasteiger partial charge in [0.1, 0.15) is 0 Å². The summed E-state index contributed by atoms with van der Waals surface area (Å²) >= 11 is 5.90. The minimum absolute atomic E-state index is 0.257. The first-order valence-electron chi connectivity index (χ1n) is 7.57. The van der Waals surface area contributed by atoms with Gasteiger partial charge in [-0.15, -0.1) is 0 Å². The molecule has 0 aliphatic heterocycles. The van der Waals surface area contributed by atoms with Crippen LogP contribution in [0.25, 0.3) is 0 Å². The average Bonchev–Trinajstić information content (AvgIpc) is 2.58. The summed E-state index contributed by atoms with van der Waals surface area (Å²) in [5, 5.41) is 0.641. The molecule has 2 amide bonds. The van der Waals surface area contributed by atoms with E-state index in [2.05, 4.69) is 10.9 Å². The molecule has 5 nitrogen and oxygen atoms in total. The molecule has 0 saturated carbocycles. The molecule has 0 heterocycles. The Morgan fingerprint density at radius 2 is 1.79 bits per heavy atom. The second-order valence-electron chi connectivity index (χ2n) is 5.58. The number of hydrogen-bond donors (Lipinski definition) is 2. The summed E-state index contributed by atoms with van der Waals surface area (Å²) in [5.41, 5.74) is 7.23. The highest BCUT2D eigenvalue weighted by atomic mass is 35.5. The van der Waals surface area contributed by atoms with Gasteiger partial charge >= 0.3 is 0 Å². The van der Waals surface area contributed by atoms with E-state index in [0.29, 0.717) is 17.0 Å². The zero-order valence-corrected chi connectivity index (χ0v) is 14.4. The number of nitrogens with one attached hydrogen (secondary N) is 2. The van der Waals surface area contributed by atoms with Gasteiger partial charge in [-0.25, -0.2) is 0 Å². The van der Waals surface area contributed by atoms with Gasteiger partial charge in [0.25, 0.3) is 5.91 Å². The van der Waals surface area contributed by atoms with Crippen LogP contribution in [-0.2, 0) is 11.2 Å². The molecule has 0 radical (unpaired) electrons. The Morgan fingerprint density at radius 1 is 1.04 bits per heavy atom. The predicted molar refractivity (Wildman–Crippen MR) is 96.2 cm³/mol. The van der Waals surface area contributed by atoms with Gasteiger partial charge in [-0.05, 0) is 42.3 Å². The number of hydrazine groups is 1. The van der Waals surface area contributed by atoms with E-state index in [-0.39, 0.29) is 18.2 Å². The number of halogens is 1. The van der Waals surface area contributed by atoms with Crippen LogP contribution in [0.5, 0.6) is 0 Å².